The number of alkyl carbamates (subject to hydrolysis) is 3. The van der Waals surface area contributed by atoms with E-state index in [1.54, 1.807) is 16.8 Å². The molecule has 24 nitrogen and oxygen atoms in total. The molecule has 0 saturated carbocycles. The Morgan fingerprint density at radius 2 is 0.920 bits per heavy atom. The van der Waals surface area contributed by atoms with Crippen LogP contribution in [-0.4, -0.2) is 135 Å². The van der Waals surface area contributed by atoms with Gasteiger partial charge in [-0.25, -0.2) is 19.2 Å². The Morgan fingerprint density at radius 3 is 1.39 bits per heavy atom. The number of amides is 10. The molecule has 6 aromatic rings. The molecule has 0 radical (unpaired) electrons. The van der Waals surface area contributed by atoms with E-state index in [1.807, 2.05) is 179 Å². The topological polar surface area (TPSA) is 303 Å². The molecule has 10 amide bonds. The van der Waals surface area contributed by atoms with E-state index in [0.717, 1.165) is 40.7 Å². The van der Waals surface area contributed by atoms with Crippen LogP contribution in [0.5, 0.6) is 0 Å². The molecule has 8 heterocycles. The van der Waals surface area contributed by atoms with Crippen molar-refractivity contribution in [2.75, 3.05) is 40.5 Å². The maximum Gasteiger partial charge on any atom is 1.00 e. The van der Waals surface area contributed by atoms with E-state index in [4.69, 9.17) is 18.9 Å². The molecular weight excluding hydrogens is 1260 g/mol. The molecule has 4 N–H and O–H groups in total. The number of hydrogen-bond donors (Lipinski definition) is 4. The van der Waals surface area contributed by atoms with Gasteiger partial charge in [0.15, 0.2) is 6.03 Å². The monoisotopic (exact) mass is 1340 g/mol. The zero-order chi connectivity index (χ0) is 68.4. The normalized spacial score (nSPS) is 24.9. The Morgan fingerprint density at radius 1 is 0.410 bits per heavy atom. The summed E-state index contributed by atoms with van der Waals surface area (Å²) in [6.45, 7) is 14.0. The van der Waals surface area contributed by atoms with Crippen LogP contribution < -0.4 is 96.7 Å². The molecule has 12 atom stereocenters. The fourth-order valence-corrected chi connectivity index (χ4v) is 11.6. The van der Waals surface area contributed by atoms with Crippen molar-refractivity contribution in [2.24, 2.45) is 11.8 Å². The second-order valence-electron chi connectivity index (χ2n) is 24.6. The van der Waals surface area contributed by atoms with Crippen LogP contribution in [0.4, 0.5) is 38.4 Å². The van der Waals surface area contributed by atoms with Crippen molar-refractivity contribution >= 4 is 48.6 Å². The van der Waals surface area contributed by atoms with Gasteiger partial charge in [-0.2, -0.15) is 0 Å². The summed E-state index contributed by atoms with van der Waals surface area (Å²) in [5, 5.41) is 26.7. The summed E-state index contributed by atoms with van der Waals surface area (Å²) in [5.74, 6) is 0.882. The van der Waals surface area contributed by atoms with Crippen LogP contribution in [-0.2, 0) is 41.3 Å². The Bertz CT molecular complexity index is 3400. The molecule has 6 aromatic carbocycles. The molecule has 508 valence electrons. The van der Waals surface area contributed by atoms with Gasteiger partial charge in [0.25, 0.3) is 0 Å². The van der Waals surface area contributed by atoms with E-state index in [1.165, 1.54) is 16.7 Å². The number of cyclic esters (lactones) is 4. The smallest absolute Gasteiger partial charge is 0.612 e. The molecule has 10 aliphatic rings. The van der Waals surface area contributed by atoms with E-state index in [-0.39, 0.29) is 178 Å². The molecule has 16 rings (SSSR count). The predicted molar refractivity (Wildman–Crippen MR) is 357 cm³/mol. The first-order valence-corrected chi connectivity index (χ1v) is 32.1. The van der Waals surface area contributed by atoms with E-state index in [0.29, 0.717) is 38.3 Å². The molecule has 28 heteroatoms. The molecule has 0 aromatic heterocycles. The summed E-state index contributed by atoms with van der Waals surface area (Å²) in [4.78, 5) is 90.1. The first-order chi connectivity index (χ1) is 46.2. The molecule has 0 unspecified atom stereocenters. The Kier molecular flexibility index (Phi) is 32.8. The van der Waals surface area contributed by atoms with Crippen LogP contribution in [0.3, 0.4) is 0 Å². The largest absolute Gasteiger partial charge is 1.00 e. The maximum absolute atomic E-state index is 11.4. The number of carbonyl (C=O) groups excluding carboxylic acids is 8. The summed E-state index contributed by atoms with van der Waals surface area (Å²) < 4.78 is 29.0. The third-order valence-electron chi connectivity index (χ3n) is 17.6. The van der Waals surface area contributed by atoms with Crippen LogP contribution in [0, 0.1) is 11.8 Å². The Balaban J connectivity index is 0.000000206. The third-order valence-corrected chi connectivity index (χ3v) is 17.6. The maximum atomic E-state index is 11.4. The predicted octanol–water partition coefficient (Wildman–Crippen LogP) is 1.92. The molecule has 0 bridgehead atoms. The van der Waals surface area contributed by atoms with Crippen molar-refractivity contribution in [3.05, 3.63) is 236 Å². The number of ether oxygens (including phenoxy) is 6. The number of fused-ring (bicyclic) bond motifs is 6. The minimum atomic E-state index is -0.455. The first-order valence-electron chi connectivity index (χ1n) is 32.1. The number of nitrogens with zero attached hydrogens (tertiary/aromatic N) is 6. The van der Waals surface area contributed by atoms with E-state index < -0.39 is 18.3 Å². The molecule has 8 saturated heterocycles. The summed E-state index contributed by atoms with van der Waals surface area (Å²) in [5.41, 5.74) is 9.30. The number of urea groups is 2. The van der Waals surface area contributed by atoms with Gasteiger partial charge < -0.3 is 80.8 Å². The summed E-state index contributed by atoms with van der Waals surface area (Å²) >= 11 is 0. The van der Waals surface area contributed by atoms with Gasteiger partial charge in [0.2, 0.25) is 18.3 Å². The standard InChI is InChI=1S/2C11H14N2O.2C10H9NO2.2C9H9NO2.2C6H11NO2.4Li/c2*1-8-10(12-11(14)13(8)2)9-6-4-3-5-7-9;2*12-10-11-9-7-4-2-1-3-6(7)5-8(9)13-10;2*11-9-10-8(6-12-9)7-4-2-1-3-5-7;2*1-4(2)5-3-9-6(8)7-5;;;;/h2*3-8,10H,1-2H3,(H,12,14);2*1-4,8-9H,5H2,(H,11,12);2*1-5,8H,6H2,(H,10,11);2*4-5H,3H2,1-2H3,(H,7,8);;;;/q;;;;;;;;4*+1/p-4/t2*8-,10-;2*8-,9+;2*8-;2*5-;;;;/m11111111..../s1. The zero-order valence-corrected chi connectivity index (χ0v) is 58.9. The van der Waals surface area contributed by atoms with Crippen molar-refractivity contribution in [3.63, 3.8) is 0 Å². The molecule has 0 spiro atoms. The molecule has 100 heavy (non-hydrogen) atoms. The third kappa shape index (κ3) is 22.4. The van der Waals surface area contributed by atoms with Crippen LogP contribution in [0.2, 0.25) is 0 Å². The number of rotatable bonds is 6. The number of carbonyl (C=O) groups is 8. The van der Waals surface area contributed by atoms with Crippen LogP contribution in [0.15, 0.2) is 170 Å². The van der Waals surface area contributed by atoms with E-state index in [9.17, 15) is 38.4 Å². The number of benzene rings is 6. The van der Waals surface area contributed by atoms with Gasteiger partial charge in [0, 0.05) is 19.9 Å². The fraction of sp³-hybridized carbons (Fsp3) is 0.389. The average molecular weight is 1340 g/mol. The van der Waals surface area contributed by atoms with E-state index >= 15 is 0 Å². The quantitative estimate of drug-likeness (QED) is 0.137. The number of hydrogen-bond acceptors (Lipinski definition) is 14. The molecule has 8 fully saturated rings. The van der Waals surface area contributed by atoms with Gasteiger partial charge in [0.05, 0.1) is 49.5 Å². The fourth-order valence-electron chi connectivity index (χ4n) is 11.6. The molecule has 2 aliphatic carbocycles. The van der Waals surface area contributed by atoms with Crippen molar-refractivity contribution in [2.45, 2.75) is 127 Å². The van der Waals surface area contributed by atoms with Crippen molar-refractivity contribution in [1.29, 1.82) is 0 Å². The number of nitrogens with one attached hydrogen (secondary N) is 4. The second kappa shape index (κ2) is 39.8. The summed E-state index contributed by atoms with van der Waals surface area (Å²) in [6.07, 6.45) is -0.533. The molecular formula is C72H82Li4N10O14. The first kappa shape index (κ1) is 82.5. The van der Waals surface area contributed by atoms with Crippen molar-refractivity contribution < 1.29 is 142 Å². The van der Waals surface area contributed by atoms with Gasteiger partial charge in [-0.3, -0.25) is 19.2 Å². The Labute approximate surface area is 632 Å². The van der Waals surface area contributed by atoms with Crippen LogP contribution in [0.25, 0.3) is 21.3 Å². The minimum absolute atomic E-state index is 0. The van der Waals surface area contributed by atoms with Gasteiger partial charge in [0.1, 0.15) is 19.3 Å². The summed E-state index contributed by atoms with van der Waals surface area (Å²) in [6, 6.07) is 56.3. The summed E-state index contributed by atoms with van der Waals surface area (Å²) in [7, 11) is 3.61. The average Bonchev–Trinajstić information content (AvgIpc) is 1.64. The second-order valence-corrected chi connectivity index (χ2v) is 24.6. The SMILES string of the molecule is CC(C)[C@H]1COC(=O)N1.CC(C)[C@H]1COC(=O)[N-]1.C[C@@H]1[C@H](c2ccccc2)NC(=O)N1C.C[C@@H]1[C@H](c2ccccc2)[N-]C(=O)N1C.O=C1N[C@@H](c2ccccc2)CO1.O=C1N[C@H]2c3ccccc3C[C@H]2O1.O=C1[N-][C@@H](c2ccccc2)CO1.O=C1[N-][C@H]2c3ccccc3C[C@H]2O1.[Li+].[Li+].[Li+].[Li+]. The Hall–Kier alpha value is -8.13. The van der Waals surface area contributed by atoms with Gasteiger partial charge in [-0.15, -0.1) is 0 Å². The molecule has 8 aliphatic heterocycles. The van der Waals surface area contributed by atoms with Crippen LogP contribution in [0.1, 0.15) is 122 Å². The van der Waals surface area contributed by atoms with Crippen molar-refractivity contribution in [1.82, 2.24) is 31.1 Å². The van der Waals surface area contributed by atoms with Gasteiger partial charge in [-0.05, 0) is 64.3 Å². The van der Waals surface area contributed by atoms with Gasteiger partial charge in [-0.1, -0.05) is 241 Å². The van der Waals surface area contributed by atoms with Crippen LogP contribution >= 0.6 is 0 Å². The van der Waals surface area contributed by atoms with Crippen molar-refractivity contribution in [3.8, 4) is 0 Å². The van der Waals surface area contributed by atoms with E-state index in [2.05, 4.69) is 91.0 Å². The minimum Gasteiger partial charge on any atom is -0.612 e. The zero-order valence-electron chi connectivity index (χ0n) is 58.9. The van der Waals surface area contributed by atoms with Gasteiger partial charge >= 0.3 is 99.8 Å². The number of likely N-dealkylation sites (N-methyl/N-ethyl adjacent to an activating group) is 2.